The predicted octanol–water partition coefficient (Wildman–Crippen LogP) is 4.40. The summed E-state index contributed by atoms with van der Waals surface area (Å²) in [6.45, 7) is 0.247. The third kappa shape index (κ3) is 4.79. The molecule has 0 unspecified atom stereocenters. The average Bonchev–Trinajstić information content (AvgIpc) is 2.67. The monoisotopic (exact) mass is 387 g/mol. The first-order valence-corrected chi connectivity index (χ1v) is 8.25. The minimum Gasteiger partial charge on any atom is -0.457 e. The zero-order valence-electron chi connectivity index (χ0n) is 14.5. The standard InChI is InChI=1S/C20H16F3N3O2/c21-20(22,23)14-3-1-4-16(11-14)28-15-8-6-13(7-9-15)12-26-19(27)17-5-2-10-25-18(17)24/h1-11H,12H2,(H2,24,25)(H,26,27). The van der Waals surface area contributed by atoms with Gasteiger partial charge in [0.25, 0.3) is 5.91 Å². The van der Waals surface area contributed by atoms with Crippen molar-refractivity contribution in [2.45, 2.75) is 12.7 Å². The number of aromatic nitrogens is 1. The summed E-state index contributed by atoms with van der Waals surface area (Å²) in [5.74, 6) is 0.258. The summed E-state index contributed by atoms with van der Waals surface area (Å²) in [4.78, 5) is 16.0. The minimum atomic E-state index is -4.43. The molecule has 0 spiro atoms. The van der Waals surface area contributed by atoms with Gasteiger partial charge < -0.3 is 15.8 Å². The van der Waals surface area contributed by atoms with Crippen LogP contribution in [0.2, 0.25) is 0 Å². The largest absolute Gasteiger partial charge is 0.457 e. The van der Waals surface area contributed by atoms with Gasteiger partial charge in [0, 0.05) is 12.7 Å². The van der Waals surface area contributed by atoms with Crippen molar-refractivity contribution in [3.63, 3.8) is 0 Å². The molecule has 1 heterocycles. The molecule has 0 radical (unpaired) electrons. The maximum atomic E-state index is 12.8. The van der Waals surface area contributed by atoms with Crippen molar-refractivity contribution in [2.75, 3.05) is 5.73 Å². The van der Waals surface area contributed by atoms with Gasteiger partial charge in [0.1, 0.15) is 17.3 Å². The van der Waals surface area contributed by atoms with Gasteiger partial charge in [-0.2, -0.15) is 13.2 Å². The SMILES string of the molecule is Nc1ncccc1C(=O)NCc1ccc(Oc2cccc(C(F)(F)F)c2)cc1. The Balaban J connectivity index is 1.61. The number of nitrogens with two attached hydrogens (primary N) is 1. The number of hydrogen-bond acceptors (Lipinski definition) is 4. The van der Waals surface area contributed by atoms with Crippen LogP contribution in [0.3, 0.4) is 0 Å². The second-order valence-electron chi connectivity index (χ2n) is 5.89. The fourth-order valence-electron chi connectivity index (χ4n) is 2.43. The van der Waals surface area contributed by atoms with Crippen LogP contribution in [-0.4, -0.2) is 10.9 Å². The first-order chi connectivity index (χ1) is 13.3. The quantitative estimate of drug-likeness (QED) is 0.680. The summed E-state index contributed by atoms with van der Waals surface area (Å²) in [7, 11) is 0. The van der Waals surface area contributed by atoms with E-state index in [1.165, 1.54) is 18.3 Å². The first-order valence-electron chi connectivity index (χ1n) is 8.25. The molecular weight excluding hydrogens is 371 g/mol. The number of carbonyl (C=O) groups excluding carboxylic acids is 1. The number of halogens is 3. The van der Waals surface area contributed by atoms with Crippen LogP contribution < -0.4 is 15.8 Å². The molecule has 2 aromatic carbocycles. The summed E-state index contributed by atoms with van der Waals surface area (Å²) in [5, 5.41) is 2.72. The van der Waals surface area contributed by atoms with Gasteiger partial charge in [0.15, 0.2) is 0 Å². The lowest BCUT2D eigenvalue weighted by Gasteiger charge is -2.11. The Morgan fingerprint density at radius 2 is 1.79 bits per heavy atom. The third-order valence-corrected chi connectivity index (χ3v) is 3.86. The zero-order valence-corrected chi connectivity index (χ0v) is 14.5. The first kappa shape index (κ1) is 19.2. The van der Waals surface area contributed by atoms with Crippen molar-refractivity contribution in [2.24, 2.45) is 0 Å². The van der Waals surface area contributed by atoms with Gasteiger partial charge >= 0.3 is 6.18 Å². The second-order valence-corrected chi connectivity index (χ2v) is 5.89. The summed E-state index contributed by atoms with van der Waals surface area (Å²) in [6.07, 6.45) is -2.94. The van der Waals surface area contributed by atoms with Crippen molar-refractivity contribution in [1.29, 1.82) is 0 Å². The number of anilines is 1. The summed E-state index contributed by atoms with van der Waals surface area (Å²) in [6, 6.07) is 14.5. The summed E-state index contributed by atoms with van der Waals surface area (Å²) in [5.41, 5.74) is 5.95. The maximum absolute atomic E-state index is 12.8. The highest BCUT2D eigenvalue weighted by molar-refractivity contribution is 5.98. The Hall–Kier alpha value is -3.55. The molecule has 0 aliphatic heterocycles. The molecule has 0 bridgehead atoms. The number of benzene rings is 2. The fraction of sp³-hybridized carbons (Fsp3) is 0.100. The normalized spacial score (nSPS) is 11.1. The van der Waals surface area contributed by atoms with E-state index in [9.17, 15) is 18.0 Å². The molecule has 3 rings (SSSR count). The van der Waals surface area contributed by atoms with Crippen molar-refractivity contribution in [3.05, 3.63) is 83.6 Å². The molecule has 28 heavy (non-hydrogen) atoms. The van der Waals surface area contributed by atoms with Gasteiger partial charge in [-0.05, 0) is 48.0 Å². The van der Waals surface area contributed by atoms with Crippen molar-refractivity contribution >= 4 is 11.7 Å². The van der Waals surface area contributed by atoms with Crippen LogP contribution >= 0.6 is 0 Å². The van der Waals surface area contributed by atoms with E-state index in [4.69, 9.17) is 10.5 Å². The number of nitrogens with one attached hydrogen (secondary N) is 1. The molecule has 0 saturated carbocycles. The summed E-state index contributed by atoms with van der Waals surface area (Å²) < 4.78 is 43.7. The molecule has 5 nitrogen and oxygen atoms in total. The number of nitrogen functional groups attached to an aromatic ring is 1. The van der Waals surface area contributed by atoms with Gasteiger partial charge in [-0.3, -0.25) is 4.79 Å². The molecule has 0 aliphatic carbocycles. The van der Waals surface area contributed by atoms with E-state index in [0.29, 0.717) is 5.75 Å². The molecule has 0 fully saturated rings. The number of rotatable bonds is 5. The second kappa shape index (κ2) is 7.99. The van der Waals surface area contributed by atoms with Crippen LogP contribution in [0.15, 0.2) is 66.9 Å². The Kier molecular flexibility index (Phi) is 5.49. The van der Waals surface area contributed by atoms with Crippen LogP contribution in [0.5, 0.6) is 11.5 Å². The highest BCUT2D eigenvalue weighted by Gasteiger charge is 2.30. The van der Waals surface area contributed by atoms with Crippen LogP contribution in [0.1, 0.15) is 21.5 Å². The lowest BCUT2D eigenvalue weighted by Crippen LogP contribution is -2.24. The van der Waals surface area contributed by atoms with Crippen LogP contribution in [0, 0.1) is 0 Å². The van der Waals surface area contributed by atoms with Gasteiger partial charge in [-0.25, -0.2) is 4.98 Å². The Morgan fingerprint density at radius 3 is 2.46 bits per heavy atom. The number of nitrogens with zero attached hydrogens (tertiary/aromatic N) is 1. The number of pyridine rings is 1. The van der Waals surface area contributed by atoms with E-state index in [0.717, 1.165) is 17.7 Å². The molecule has 0 saturated heterocycles. The number of ether oxygens (including phenoxy) is 1. The van der Waals surface area contributed by atoms with E-state index >= 15 is 0 Å². The Labute approximate surface area is 159 Å². The molecule has 8 heteroatoms. The number of hydrogen-bond donors (Lipinski definition) is 2. The average molecular weight is 387 g/mol. The van der Waals surface area contributed by atoms with Crippen LogP contribution in [-0.2, 0) is 12.7 Å². The minimum absolute atomic E-state index is 0.0860. The number of carbonyl (C=O) groups is 1. The molecular formula is C20H16F3N3O2. The van der Waals surface area contributed by atoms with Gasteiger partial charge in [-0.1, -0.05) is 18.2 Å². The number of alkyl halides is 3. The zero-order chi connectivity index (χ0) is 20.1. The van der Waals surface area contributed by atoms with E-state index in [1.54, 1.807) is 36.4 Å². The van der Waals surface area contributed by atoms with Gasteiger partial charge in [-0.15, -0.1) is 0 Å². The van der Waals surface area contributed by atoms with Crippen molar-refractivity contribution < 1.29 is 22.7 Å². The highest BCUT2D eigenvalue weighted by Crippen LogP contribution is 2.32. The van der Waals surface area contributed by atoms with Crippen molar-refractivity contribution in [3.8, 4) is 11.5 Å². The van der Waals surface area contributed by atoms with E-state index in [2.05, 4.69) is 10.3 Å². The van der Waals surface area contributed by atoms with Gasteiger partial charge in [0.05, 0.1) is 11.1 Å². The molecule has 3 N–H and O–H groups in total. The van der Waals surface area contributed by atoms with E-state index < -0.39 is 11.7 Å². The summed E-state index contributed by atoms with van der Waals surface area (Å²) >= 11 is 0. The number of amides is 1. The molecule has 0 atom stereocenters. The molecule has 3 aromatic rings. The predicted molar refractivity (Wildman–Crippen MR) is 97.8 cm³/mol. The molecule has 1 amide bonds. The van der Waals surface area contributed by atoms with Gasteiger partial charge in [0.2, 0.25) is 0 Å². The van der Waals surface area contributed by atoms with E-state index in [1.807, 2.05) is 0 Å². The third-order valence-electron chi connectivity index (χ3n) is 3.86. The highest BCUT2D eigenvalue weighted by atomic mass is 19.4. The van der Waals surface area contributed by atoms with E-state index in [-0.39, 0.29) is 29.6 Å². The van der Waals surface area contributed by atoms with Crippen molar-refractivity contribution in [1.82, 2.24) is 10.3 Å². The Bertz CT molecular complexity index is 973. The van der Waals surface area contributed by atoms with Crippen LogP contribution in [0.4, 0.5) is 19.0 Å². The smallest absolute Gasteiger partial charge is 0.416 e. The lowest BCUT2D eigenvalue weighted by molar-refractivity contribution is -0.137. The maximum Gasteiger partial charge on any atom is 0.416 e. The fourth-order valence-corrected chi connectivity index (χ4v) is 2.43. The van der Waals surface area contributed by atoms with Crippen LogP contribution in [0.25, 0.3) is 0 Å². The molecule has 144 valence electrons. The molecule has 1 aromatic heterocycles. The topological polar surface area (TPSA) is 77.2 Å². The Morgan fingerprint density at radius 1 is 1.04 bits per heavy atom. The lowest BCUT2D eigenvalue weighted by atomic mass is 10.2. The molecule has 0 aliphatic rings.